The Balaban J connectivity index is 2.51. The summed E-state index contributed by atoms with van der Waals surface area (Å²) in [5, 5.41) is 8.76. The molecule has 0 radical (unpaired) electrons. The molecule has 0 fully saturated rings. The SMILES string of the molecule is COc1ccc(-c2cc(F)cc(F)c2)cc1CC#N. The Bertz CT molecular complexity index is 627. The molecule has 0 bridgehead atoms. The number of rotatable bonds is 3. The molecule has 0 N–H and O–H groups in total. The molecule has 2 rings (SSSR count). The van der Waals surface area contributed by atoms with Crippen molar-refractivity contribution in [3.8, 4) is 22.9 Å². The van der Waals surface area contributed by atoms with E-state index in [-0.39, 0.29) is 6.42 Å². The number of hydrogen-bond donors (Lipinski definition) is 0. The van der Waals surface area contributed by atoms with Crippen molar-refractivity contribution in [1.29, 1.82) is 5.26 Å². The van der Waals surface area contributed by atoms with Crippen LogP contribution in [0.3, 0.4) is 0 Å². The normalized spacial score (nSPS) is 10.0. The van der Waals surface area contributed by atoms with Crippen LogP contribution in [0.5, 0.6) is 5.75 Å². The Kier molecular flexibility index (Phi) is 3.76. The molecule has 0 aromatic heterocycles. The van der Waals surface area contributed by atoms with Gasteiger partial charge in [-0.1, -0.05) is 6.07 Å². The molecule has 0 aliphatic carbocycles. The van der Waals surface area contributed by atoms with Crippen LogP contribution in [0.25, 0.3) is 11.1 Å². The van der Waals surface area contributed by atoms with Crippen LogP contribution in [0.15, 0.2) is 36.4 Å². The molecule has 0 heterocycles. The second kappa shape index (κ2) is 5.49. The molecular weight excluding hydrogens is 248 g/mol. The first-order valence-corrected chi connectivity index (χ1v) is 5.64. The minimum atomic E-state index is -0.632. The number of methoxy groups -OCH3 is 1. The smallest absolute Gasteiger partial charge is 0.126 e. The van der Waals surface area contributed by atoms with Crippen molar-refractivity contribution in [2.45, 2.75) is 6.42 Å². The first-order valence-electron chi connectivity index (χ1n) is 5.64. The van der Waals surface area contributed by atoms with Crippen molar-refractivity contribution < 1.29 is 13.5 Å². The third-order valence-corrected chi connectivity index (χ3v) is 2.75. The minimum absolute atomic E-state index is 0.175. The van der Waals surface area contributed by atoms with Crippen LogP contribution in [-0.2, 0) is 6.42 Å². The van der Waals surface area contributed by atoms with Gasteiger partial charge in [-0.15, -0.1) is 0 Å². The van der Waals surface area contributed by atoms with Crippen LogP contribution in [0.4, 0.5) is 8.78 Å². The van der Waals surface area contributed by atoms with Crippen molar-refractivity contribution in [3.63, 3.8) is 0 Å². The summed E-state index contributed by atoms with van der Waals surface area (Å²) in [6.07, 6.45) is 0.175. The van der Waals surface area contributed by atoms with Crippen LogP contribution < -0.4 is 4.74 Å². The summed E-state index contributed by atoms with van der Waals surface area (Å²) in [7, 11) is 1.51. The zero-order chi connectivity index (χ0) is 13.8. The van der Waals surface area contributed by atoms with E-state index in [9.17, 15) is 8.78 Å². The second-order valence-corrected chi connectivity index (χ2v) is 4.02. The van der Waals surface area contributed by atoms with E-state index in [4.69, 9.17) is 10.00 Å². The maximum absolute atomic E-state index is 13.2. The van der Waals surface area contributed by atoms with Crippen molar-refractivity contribution in [2.75, 3.05) is 7.11 Å². The molecule has 0 spiro atoms. The fourth-order valence-corrected chi connectivity index (χ4v) is 1.90. The van der Waals surface area contributed by atoms with Gasteiger partial charge in [-0.3, -0.25) is 0 Å². The highest BCUT2D eigenvalue weighted by molar-refractivity contribution is 5.66. The molecule has 0 aliphatic heterocycles. The third-order valence-electron chi connectivity index (χ3n) is 2.75. The quantitative estimate of drug-likeness (QED) is 0.841. The van der Waals surface area contributed by atoms with E-state index < -0.39 is 11.6 Å². The zero-order valence-corrected chi connectivity index (χ0v) is 10.3. The van der Waals surface area contributed by atoms with E-state index in [1.807, 2.05) is 6.07 Å². The monoisotopic (exact) mass is 259 g/mol. The fraction of sp³-hybridized carbons (Fsp3) is 0.133. The molecule has 0 unspecified atom stereocenters. The summed E-state index contributed by atoms with van der Waals surface area (Å²) in [4.78, 5) is 0. The Morgan fingerprint density at radius 1 is 1.05 bits per heavy atom. The van der Waals surface area contributed by atoms with E-state index in [0.717, 1.165) is 6.07 Å². The average molecular weight is 259 g/mol. The molecule has 2 nitrogen and oxygen atoms in total. The van der Waals surface area contributed by atoms with Crippen molar-refractivity contribution in [3.05, 3.63) is 53.6 Å². The summed E-state index contributed by atoms with van der Waals surface area (Å²) < 4.78 is 31.5. The van der Waals surface area contributed by atoms with Crippen LogP contribution in [0, 0.1) is 23.0 Å². The van der Waals surface area contributed by atoms with E-state index in [2.05, 4.69) is 0 Å². The summed E-state index contributed by atoms with van der Waals surface area (Å²) in [6.45, 7) is 0. The molecule has 96 valence electrons. The third kappa shape index (κ3) is 2.89. The summed E-state index contributed by atoms with van der Waals surface area (Å²) in [6, 6.07) is 10.4. The van der Waals surface area contributed by atoms with Gasteiger partial charge in [0.2, 0.25) is 0 Å². The Morgan fingerprint density at radius 3 is 2.32 bits per heavy atom. The average Bonchev–Trinajstić information content (AvgIpc) is 2.38. The molecule has 19 heavy (non-hydrogen) atoms. The molecular formula is C15H11F2NO. The van der Waals surface area contributed by atoms with Gasteiger partial charge < -0.3 is 4.74 Å². The van der Waals surface area contributed by atoms with E-state index in [1.165, 1.54) is 19.2 Å². The Labute approximate surface area is 109 Å². The van der Waals surface area contributed by atoms with E-state index in [0.29, 0.717) is 22.4 Å². The number of ether oxygens (including phenoxy) is 1. The van der Waals surface area contributed by atoms with Crippen LogP contribution in [-0.4, -0.2) is 7.11 Å². The zero-order valence-electron chi connectivity index (χ0n) is 10.3. The predicted molar refractivity (Wildman–Crippen MR) is 67.7 cm³/mol. The van der Waals surface area contributed by atoms with Crippen molar-refractivity contribution >= 4 is 0 Å². The van der Waals surface area contributed by atoms with Crippen LogP contribution in [0.2, 0.25) is 0 Å². The van der Waals surface area contributed by atoms with Crippen molar-refractivity contribution in [2.24, 2.45) is 0 Å². The maximum Gasteiger partial charge on any atom is 0.126 e. The molecule has 0 aliphatic rings. The standard InChI is InChI=1S/C15H11F2NO/c1-19-15-3-2-10(6-11(15)4-5-18)12-7-13(16)9-14(17)8-12/h2-3,6-9H,4H2,1H3. The molecule has 0 saturated carbocycles. The molecule has 0 amide bonds. The largest absolute Gasteiger partial charge is 0.496 e. The number of benzene rings is 2. The van der Waals surface area contributed by atoms with Gasteiger partial charge >= 0.3 is 0 Å². The predicted octanol–water partition coefficient (Wildman–Crippen LogP) is 3.71. The number of hydrogen-bond acceptors (Lipinski definition) is 2. The van der Waals surface area contributed by atoms with Crippen LogP contribution in [0.1, 0.15) is 5.56 Å². The molecule has 2 aromatic rings. The first-order chi connectivity index (χ1) is 9.13. The van der Waals surface area contributed by atoms with Gasteiger partial charge in [-0.25, -0.2) is 8.78 Å². The molecule has 0 atom stereocenters. The van der Waals surface area contributed by atoms with Gasteiger partial charge in [0.05, 0.1) is 19.6 Å². The lowest BCUT2D eigenvalue weighted by atomic mass is 10.0. The van der Waals surface area contributed by atoms with Crippen molar-refractivity contribution in [1.82, 2.24) is 0 Å². The maximum atomic E-state index is 13.2. The Hall–Kier alpha value is -2.41. The highest BCUT2D eigenvalue weighted by Gasteiger charge is 2.08. The van der Waals surface area contributed by atoms with Gasteiger partial charge in [0, 0.05) is 11.6 Å². The van der Waals surface area contributed by atoms with Gasteiger partial charge in [-0.2, -0.15) is 5.26 Å². The molecule has 2 aromatic carbocycles. The highest BCUT2D eigenvalue weighted by Crippen LogP contribution is 2.28. The lowest BCUT2D eigenvalue weighted by Gasteiger charge is -2.09. The number of halogens is 2. The summed E-state index contributed by atoms with van der Waals surface area (Å²) >= 11 is 0. The Morgan fingerprint density at radius 2 is 1.74 bits per heavy atom. The lowest BCUT2D eigenvalue weighted by Crippen LogP contribution is -1.92. The van der Waals surface area contributed by atoms with Gasteiger partial charge in [0.15, 0.2) is 0 Å². The lowest BCUT2D eigenvalue weighted by molar-refractivity contribution is 0.411. The van der Waals surface area contributed by atoms with Gasteiger partial charge in [-0.05, 0) is 35.4 Å². The van der Waals surface area contributed by atoms with Crippen LogP contribution >= 0.6 is 0 Å². The summed E-state index contributed by atoms with van der Waals surface area (Å²) in [5.41, 5.74) is 1.76. The molecule has 0 saturated heterocycles. The van der Waals surface area contributed by atoms with Gasteiger partial charge in [0.25, 0.3) is 0 Å². The van der Waals surface area contributed by atoms with E-state index in [1.54, 1.807) is 18.2 Å². The topological polar surface area (TPSA) is 33.0 Å². The second-order valence-electron chi connectivity index (χ2n) is 4.02. The van der Waals surface area contributed by atoms with E-state index >= 15 is 0 Å². The summed E-state index contributed by atoms with van der Waals surface area (Å²) in [5.74, 6) is -0.678. The first kappa shape index (κ1) is 13.0. The number of nitrogens with zero attached hydrogens (tertiary/aromatic N) is 1. The molecule has 4 heteroatoms. The minimum Gasteiger partial charge on any atom is -0.496 e. The highest BCUT2D eigenvalue weighted by atomic mass is 19.1. The van der Waals surface area contributed by atoms with Gasteiger partial charge in [0.1, 0.15) is 17.4 Å². The fourth-order valence-electron chi connectivity index (χ4n) is 1.90. The number of nitriles is 1.